The van der Waals surface area contributed by atoms with Crippen LogP contribution in [0.4, 0.5) is 0 Å². The molecule has 1 rings (SSSR count). The summed E-state index contributed by atoms with van der Waals surface area (Å²) in [6.07, 6.45) is -7.25. The molecule has 0 saturated heterocycles. The van der Waals surface area contributed by atoms with Crippen LogP contribution in [0.5, 0.6) is 0 Å². The van der Waals surface area contributed by atoms with Crippen LogP contribution >= 0.6 is 0 Å². The summed E-state index contributed by atoms with van der Waals surface area (Å²) in [5, 5.41) is 57.7. The second-order valence-electron chi connectivity index (χ2n) is 4.81. The molecule has 0 heterocycles. The smallest absolute Gasteiger partial charge is 0.860 e. The molecule has 0 aliphatic heterocycles. The summed E-state index contributed by atoms with van der Waals surface area (Å²) in [5.41, 5.74) is 1.54. The number of aliphatic carboxylic acids is 1. The van der Waals surface area contributed by atoms with Crippen molar-refractivity contribution in [3.63, 3.8) is 0 Å². The molecule has 0 spiro atoms. The number of hydrogen-bond acceptors (Lipinski definition) is 7. The van der Waals surface area contributed by atoms with Crippen molar-refractivity contribution in [2.45, 2.75) is 31.0 Å². The van der Waals surface area contributed by atoms with Gasteiger partial charge in [-0.15, -0.1) is 0 Å². The summed E-state index contributed by atoms with van der Waals surface area (Å²) in [4.78, 5) is 14.0. The van der Waals surface area contributed by atoms with Crippen molar-refractivity contribution in [1.29, 1.82) is 0 Å². The molecule has 5 N–H and O–H groups in total. The zero-order valence-electron chi connectivity index (χ0n) is 13.1. The van der Waals surface area contributed by atoms with E-state index >= 15 is 0 Å². The van der Waals surface area contributed by atoms with Gasteiger partial charge in [-0.3, -0.25) is 4.99 Å². The Morgan fingerprint density at radius 2 is 1.62 bits per heavy atom. The van der Waals surface area contributed by atoms with Gasteiger partial charge in [0.1, 0.15) is 18.3 Å². The van der Waals surface area contributed by atoms with Crippen molar-refractivity contribution in [3.05, 3.63) is 42.0 Å². The van der Waals surface area contributed by atoms with Gasteiger partial charge >= 0.3 is 57.4 Å². The van der Waals surface area contributed by atoms with Gasteiger partial charge in [-0.1, -0.05) is 36.9 Å². The fourth-order valence-electron chi connectivity index (χ4n) is 1.69. The number of benzene rings is 1. The van der Waals surface area contributed by atoms with Crippen LogP contribution in [0, 0.1) is 0 Å². The Morgan fingerprint density at radius 3 is 2.08 bits per heavy atom. The number of carboxylic acids is 1. The monoisotopic (exact) mass is 363 g/mol. The Hall–Kier alpha value is -0.624. The minimum Gasteiger partial charge on any atom is -0.860 e. The first-order valence-corrected chi connectivity index (χ1v) is 6.65. The normalized spacial score (nSPS) is 16.4. The number of carbonyl (C=O) groups is 1. The molecular formula is C15H18KNO7. The summed E-state index contributed by atoms with van der Waals surface area (Å²) in [5.74, 6) is -2.93. The van der Waals surface area contributed by atoms with Crippen LogP contribution in [0.3, 0.4) is 0 Å². The Labute approximate surface area is 181 Å². The predicted molar refractivity (Wildman–Crippen MR) is 79.3 cm³/mol. The first-order valence-electron chi connectivity index (χ1n) is 6.65. The van der Waals surface area contributed by atoms with Crippen LogP contribution in [0.1, 0.15) is 11.1 Å². The summed E-state index contributed by atoms with van der Waals surface area (Å²) in [6, 6.07) is 6.89. The number of nitrogens with zero attached hydrogens (tertiary/aromatic N) is 1. The molecular weight excluding hydrogens is 345 g/mol. The molecule has 24 heavy (non-hydrogen) atoms. The van der Waals surface area contributed by atoms with E-state index < -0.39 is 36.3 Å². The SMILES string of the molecule is C=Cc1ccc(CN=C([O-])[C@@H](O)[C@@H](O)[C@H](O)[C@@H](O)C(=O)O)cc1.[K+]. The predicted octanol–water partition coefficient (Wildman–Crippen LogP) is -4.88. The van der Waals surface area contributed by atoms with Crippen LogP contribution in [0.25, 0.3) is 6.08 Å². The third-order valence-corrected chi connectivity index (χ3v) is 3.14. The fraction of sp³-hybridized carbons (Fsp3) is 0.333. The van der Waals surface area contributed by atoms with Crippen molar-refractivity contribution < 1.29 is 86.8 Å². The number of aliphatic hydroxyl groups is 4. The Bertz CT molecular complexity index is 576. The minimum absolute atomic E-state index is 0. The molecule has 0 bridgehead atoms. The second-order valence-corrected chi connectivity index (χ2v) is 4.81. The van der Waals surface area contributed by atoms with Crippen LogP contribution < -0.4 is 56.5 Å². The molecule has 0 radical (unpaired) electrons. The van der Waals surface area contributed by atoms with Gasteiger partial charge in [-0.05, 0) is 17.0 Å². The quantitative estimate of drug-likeness (QED) is 0.176. The Morgan fingerprint density at radius 1 is 1.12 bits per heavy atom. The molecule has 0 aliphatic carbocycles. The number of carboxylic acid groups (broad SMARTS) is 1. The molecule has 4 atom stereocenters. The van der Waals surface area contributed by atoms with Gasteiger partial charge in [0.05, 0.1) is 6.54 Å². The van der Waals surface area contributed by atoms with E-state index in [0.717, 1.165) is 5.56 Å². The molecule has 9 heteroatoms. The van der Waals surface area contributed by atoms with E-state index in [2.05, 4.69) is 11.6 Å². The summed E-state index contributed by atoms with van der Waals surface area (Å²) in [6.45, 7) is 3.52. The standard InChI is InChI=1S/C15H19NO7.K/c1-2-8-3-5-9(6-4-8)7-16-14(21)12(19)10(17)11(18)13(20)15(22)23;/h2-6,10-13,17-20H,1,7H2,(H,16,21)(H,22,23);/q;+1/p-1/t10-,11-,12-,13+;/m0./s1. The third kappa shape index (κ3) is 6.71. The van der Waals surface area contributed by atoms with Gasteiger partial charge in [-0.2, -0.15) is 0 Å². The summed E-state index contributed by atoms with van der Waals surface area (Å²) in [7, 11) is 0. The molecule has 126 valence electrons. The van der Waals surface area contributed by atoms with E-state index in [1.54, 1.807) is 30.3 Å². The number of aliphatic hydroxyl groups excluding tert-OH is 4. The van der Waals surface area contributed by atoms with Gasteiger partial charge in [0, 0.05) is 0 Å². The molecule has 1 aromatic carbocycles. The maximum Gasteiger partial charge on any atom is 1.00 e. The molecule has 0 aromatic heterocycles. The first-order chi connectivity index (χ1) is 10.8. The summed E-state index contributed by atoms with van der Waals surface area (Å²) < 4.78 is 0. The van der Waals surface area contributed by atoms with E-state index in [1.165, 1.54) is 0 Å². The largest absolute Gasteiger partial charge is 1.00 e. The number of rotatable bonds is 8. The maximum atomic E-state index is 11.6. The van der Waals surface area contributed by atoms with Crippen molar-refractivity contribution in [2.24, 2.45) is 4.99 Å². The molecule has 0 amide bonds. The molecule has 1 aromatic rings. The van der Waals surface area contributed by atoms with Crippen molar-refractivity contribution >= 4 is 17.9 Å². The molecule has 8 nitrogen and oxygen atoms in total. The van der Waals surface area contributed by atoms with Crippen LogP contribution in [0.2, 0.25) is 0 Å². The second kappa shape index (κ2) is 11.1. The minimum atomic E-state index is -2.33. The van der Waals surface area contributed by atoms with E-state index in [4.69, 9.17) is 10.2 Å². The van der Waals surface area contributed by atoms with Crippen LogP contribution in [-0.4, -0.2) is 61.8 Å². The van der Waals surface area contributed by atoms with E-state index in [0.29, 0.717) is 5.56 Å². The third-order valence-electron chi connectivity index (χ3n) is 3.14. The molecule has 0 fully saturated rings. The van der Waals surface area contributed by atoms with Crippen LogP contribution in [-0.2, 0) is 11.3 Å². The van der Waals surface area contributed by atoms with E-state index in [1.807, 2.05) is 0 Å². The van der Waals surface area contributed by atoms with E-state index in [-0.39, 0.29) is 57.9 Å². The molecule has 0 unspecified atom stereocenters. The van der Waals surface area contributed by atoms with Crippen LogP contribution in [0.15, 0.2) is 35.8 Å². The zero-order valence-corrected chi connectivity index (χ0v) is 16.2. The maximum absolute atomic E-state index is 11.6. The van der Waals surface area contributed by atoms with Gasteiger partial charge < -0.3 is 30.6 Å². The van der Waals surface area contributed by atoms with Gasteiger partial charge in [-0.25, -0.2) is 4.79 Å². The average Bonchev–Trinajstić information content (AvgIpc) is 2.57. The number of aliphatic imine (C=N–C) groups is 1. The Kier molecular flexibility index (Phi) is 10.8. The van der Waals surface area contributed by atoms with Gasteiger partial charge in [0.15, 0.2) is 6.10 Å². The summed E-state index contributed by atoms with van der Waals surface area (Å²) >= 11 is 0. The topological polar surface area (TPSA) is 154 Å². The van der Waals surface area contributed by atoms with Crippen molar-refractivity contribution in [2.75, 3.05) is 0 Å². The van der Waals surface area contributed by atoms with Gasteiger partial charge in [0.25, 0.3) is 0 Å². The van der Waals surface area contributed by atoms with Gasteiger partial charge in [0.2, 0.25) is 0 Å². The van der Waals surface area contributed by atoms with Crippen molar-refractivity contribution in [1.82, 2.24) is 0 Å². The fourth-order valence-corrected chi connectivity index (χ4v) is 1.69. The molecule has 0 saturated carbocycles. The Balaban J connectivity index is 0.00000529. The van der Waals surface area contributed by atoms with Crippen molar-refractivity contribution in [3.8, 4) is 0 Å². The number of hydrogen-bond donors (Lipinski definition) is 5. The first kappa shape index (κ1) is 23.4. The zero-order chi connectivity index (χ0) is 17.6. The average molecular weight is 363 g/mol. The molecule has 0 aliphatic rings. The van der Waals surface area contributed by atoms with E-state index in [9.17, 15) is 25.2 Å².